The number of carbonyl (C=O) groups is 1. The van der Waals surface area contributed by atoms with Gasteiger partial charge in [-0.05, 0) is 29.7 Å². The summed E-state index contributed by atoms with van der Waals surface area (Å²) >= 11 is 4.71. The van der Waals surface area contributed by atoms with E-state index in [4.69, 9.17) is 0 Å². The van der Waals surface area contributed by atoms with Gasteiger partial charge in [0.15, 0.2) is 5.13 Å². The topological polar surface area (TPSA) is 74.8 Å². The number of rotatable bonds is 3. The molecule has 2 N–H and O–H groups in total. The van der Waals surface area contributed by atoms with Crippen molar-refractivity contribution in [3.63, 3.8) is 0 Å². The molecule has 2 heterocycles. The van der Waals surface area contributed by atoms with Crippen molar-refractivity contribution in [2.45, 2.75) is 0 Å². The predicted octanol–water partition coefficient (Wildman–Crippen LogP) is 4.67. The van der Waals surface area contributed by atoms with E-state index in [1.54, 1.807) is 12.1 Å². The van der Waals surface area contributed by atoms with Crippen molar-refractivity contribution in [1.29, 1.82) is 0 Å². The van der Waals surface area contributed by atoms with Crippen LogP contribution in [0.4, 0.5) is 5.13 Å². The number of H-pyrrole nitrogens is 1. The number of anilines is 1. The number of fused-ring (bicyclic) bond motifs is 1. The maximum atomic E-state index is 12.5. The highest BCUT2D eigenvalue weighted by molar-refractivity contribution is 9.10. The van der Waals surface area contributed by atoms with E-state index < -0.39 is 11.5 Å². The van der Waals surface area contributed by atoms with Crippen LogP contribution in [0.1, 0.15) is 10.4 Å². The highest BCUT2D eigenvalue weighted by Gasteiger charge is 2.14. The Hall–Kier alpha value is -2.77. The third-order valence-corrected chi connectivity index (χ3v) is 5.15. The first-order valence-electron chi connectivity index (χ1n) is 7.75. The Morgan fingerprint density at radius 3 is 2.69 bits per heavy atom. The molecule has 0 aliphatic rings. The summed E-state index contributed by atoms with van der Waals surface area (Å²) in [5.74, 6) is -0.478. The quantitative estimate of drug-likeness (QED) is 0.500. The SMILES string of the molecule is O=C(Nc1nc(-c2ccc(Br)cc2)cs1)c1cc2ccccc2[nH]c1=O. The Morgan fingerprint density at radius 2 is 1.88 bits per heavy atom. The van der Waals surface area contributed by atoms with Crippen LogP contribution in [0.15, 0.2) is 69.2 Å². The summed E-state index contributed by atoms with van der Waals surface area (Å²) in [4.78, 5) is 31.8. The van der Waals surface area contributed by atoms with Crippen molar-refractivity contribution in [1.82, 2.24) is 9.97 Å². The van der Waals surface area contributed by atoms with Crippen molar-refractivity contribution in [3.05, 3.63) is 80.4 Å². The van der Waals surface area contributed by atoms with Crippen LogP contribution < -0.4 is 10.9 Å². The molecule has 5 nitrogen and oxygen atoms in total. The average molecular weight is 426 g/mol. The van der Waals surface area contributed by atoms with Gasteiger partial charge >= 0.3 is 0 Å². The summed E-state index contributed by atoms with van der Waals surface area (Å²) in [6.45, 7) is 0. The van der Waals surface area contributed by atoms with Crippen LogP contribution >= 0.6 is 27.3 Å². The van der Waals surface area contributed by atoms with Crippen LogP contribution in [-0.2, 0) is 0 Å². The fourth-order valence-corrected chi connectivity index (χ4v) is 3.54. The van der Waals surface area contributed by atoms with Gasteiger partial charge in [-0.3, -0.25) is 14.9 Å². The minimum atomic E-state index is -0.478. The minimum Gasteiger partial charge on any atom is -0.321 e. The Labute approximate surface area is 160 Å². The molecule has 4 aromatic rings. The number of nitrogens with zero attached hydrogens (tertiary/aromatic N) is 1. The monoisotopic (exact) mass is 425 g/mol. The molecule has 1 amide bonds. The molecule has 0 saturated heterocycles. The van der Waals surface area contributed by atoms with E-state index in [2.05, 4.69) is 31.2 Å². The maximum Gasteiger partial charge on any atom is 0.263 e. The molecule has 26 heavy (non-hydrogen) atoms. The summed E-state index contributed by atoms with van der Waals surface area (Å²) in [6.07, 6.45) is 0. The molecule has 0 radical (unpaired) electrons. The third-order valence-electron chi connectivity index (χ3n) is 3.86. The molecule has 0 fully saturated rings. The molecular weight excluding hydrogens is 414 g/mol. The zero-order chi connectivity index (χ0) is 18.1. The minimum absolute atomic E-state index is 0.0593. The maximum absolute atomic E-state index is 12.5. The van der Waals surface area contributed by atoms with Crippen molar-refractivity contribution in [2.75, 3.05) is 5.32 Å². The zero-order valence-corrected chi connectivity index (χ0v) is 15.7. The smallest absolute Gasteiger partial charge is 0.263 e. The molecule has 0 aliphatic heterocycles. The molecule has 0 spiro atoms. The lowest BCUT2D eigenvalue weighted by Gasteiger charge is -2.03. The number of hydrogen-bond donors (Lipinski definition) is 2. The van der Waals surface area contributed by atoms with E-state index >= 15 is 0 Å². The number of carbonyl (C=O) groups excluding carboxylic acids is 1. The van der Waals surface area contributed by atoms with E-state index in [-0.39, 0.29) is 5.56 Å². The zero-order valence-electron chi connectivity index (χ0n) is 13.3. The highest BCUT2D eigenvalue weighted by atomic mass is 79.9. The van der Waals surface area contributed by atoms with E-state index in [1.807, 2.05) is 47.8 Å². The van der Waals surface area contributed by atoms with Crippen molar-refractivity contribution in [2.24, 2.45) is 0 Å². The molecule has 0 aliphatic carbocycles. The fourth-order valence-electron chi connectivity index (χ4n) is 2.56. The third kappa shape index (κ3) is 3.31. The normalized spacial score (nSPS) is 10.8. The second-order valence-electron chi connectivity index (χ2n) is 5.60. The van der Waals surface area contributed by atoms with Crippen LogP contribution in [0.3, 0.4) is 0 Å². The van der Waals surface area contributed by atoms with Crippen LogP contribution in [0.2, 0.25) is 0 Å². The molecule has 2 aromatic carbocycles. The van der Waals surface area contributed by atoms with E-state index in [0.29, 0.717) is 10.6 Å². The Morgan fingerprint density at radius 1 is 1.12 bits per heavy atom. The Kier molecular flexibility index (Phi) is 4.40. The van der Waals surface area contributed by atoms with Crippen LogP contribution in [0.5, 0.6) is 0 Å². The number of benzene rings is 2. The lowest BCUT2D eigenvalue weighted by atomic mass is 10.1. The fraction of sp³-hybridized carbons (Fsp3) is 0. The largest absolute Gasteiger partial charge is 0.321 e. The van der Waals surface area contributed by atoms with Crippen LogP contribution in [0.25, 0.3) is 22.2 Å². The summed E-state index contributed by atoms with van der Waals surface area (Å²) < 4.78 is 0.987. The number of aromatic nitrogens is 2. The van der Waals surface area contributed by atoms with Gasteiger partial charge in [-0.15, -0.1) is 11.3 Å². The van der Waals surface area contributed by atoms with Gasteiger partial charge in [0.1, 0.15) is 5.56 Å². The van der Waals surface area contributed by atoms with Crippen molar-refractivity contribution < 1.29 is 4.79 Å². The second-order valence-corrected chi connectivity index (χ2v) is 7.37. The van der Waals surface area contributed by atoms with E-state index in [1.165, 1.54) is 11.3 Å². The summed E-state index contributed by atoms with van der Waals surface area (Å²) in [6, 6.07) is 16.7. The molecular formula is C19H12BrN3O2S. The molecule has 0 unspecified atom stereocenters. The molecule has 0 bridgehead atoms. The molecule has 0 atom stereocenters. The Bertz CT molecular complexity index is 1170. The van der Waals surface area contributed by atoms with Gasteiger partial charge in [0.05, 0.1) is 5.69 Å². The van der Waals surface area contributed by atoms with Gasteiger partial charge in [0.2, 0.25) is 0 Å². The number of amides is 1. The molecule has 4 rings (SSSR count). The number of thiazole rings is 1. The lowest BCUT2D eigenvalue weighted by Crippen LogP contribution is -2.22. The lowest BCUT2D eigenvalue weighted by molar-refractivity contribution is 0.102. The molecule has 0 saturated carbocycles. The first kappa shape index (κ1) is 16.7. The van der Waals surface area contributed by atoms with Crippen molar-refractivity contribution >= 4 is 49.2 Å². The van der Waals surface area contributed by atoms with Gasteiger partial charge in [-0.25, -0.2) is 4.98 Å². The number of aromatic amines is 1. The number of para-hydroxylation sites is 1. The van der Waals surface area contributed by atoms with Crippen molar-refractivity contribution in [3.8, 4) is 11.3 Å². The number of pyridine rings is 1. The van der Waals surface area contributed by atoms with Crippen LogP contribution in [-0.4, -0.2) is 15.9 Å². The van der Waals surface area contributed by atoms with Gasteiger partial charge in [0.25, 0.3) is 11.5 Å². The number of hydrogen-bond acceptors (Lipinski definition) is 4. The summed E-state index contributed by atoms with van der Waals surface area (Å²) in [7, 11) is 0. The van der Waals surface area contributed by atoms with Gasteiger partial charge in [-0.2, -0.15) is 0 Å². The van der Waals surface area contributed by atoms with Gasteiger partial charge in [0, 0.05) is 20.9 Å². The number of nitrogens with one attached hydrogen (secondary N) is 2. The Balaban J connectivity index is 1.60. The summed E-state index contributed by atoms with van der Waals surface area (Å²) in [5, 5.41) is 5.81. The molecule has 128 valence electrons. The average Bonchev–Trinajstić information content (AvgIpc) is 3.10. The molecule has 7 heteroatoms. The number of halogens is 1. The van der Waals surface area contributed by atoms with E-state index in [0.717, 1.165) is 21.1 Å². The first-order chi connectivity index (χ1) is 12.6. The predicted molar refractivity (Wildman–Crippen MR) is 108 cm³/mol. The molecule has 2 aromatic heterocycles. The highest BCUT2D eigenvalue weighted by Crippen LogP contribution is 2.26. The van der Waals surface area contributed by atoms with E-state index in [9.17, 15) is 9.59 Å². The summed E-state index contributed by atoms with van der Waals surface area (Å²) in [5.41, 5.74) is 2.05. The van der Waals surface area contributed by atoms with Gasteiger partial charge in [-0.1, -0.05) is 46.3 Å². The standard InChI is InChI=1S/C19H12BrN3O2S/c20-13-7-5-11(6-8-13)16-10-26-19(22-16)23-18(25)14-9-12-3-1-2-4-15(12)21-17(14)24/h1-10H,(H,21,24)(H,22,23,25). The van der Waals surface area contributed by atoms with Crippen LogP contribution in [0, 0.1) is 0 Å². The second kappa shape index (κ2) is 6.86. The first-order valence-corrected chi connectivity index (χ1v) is 9.42. The van der Waals surface area contributed by atoms with Gasteiger partial charge < -0.3 is 4.98 Å².